The number of halogens is 4. The second-order valence-electron chi connectivity index (χ2n) is 8.35. The Kier molecular flexibility index (Phi) is 7.51. The number of nitrogens with one attached hydrogen (secondary N) is 1. The lowest BCUT2D eigenvalue weighted by atomic mass is 9.95. The molecule has 2 heterocycles. The molecule has 3 aromatic rings. The van der Waals surface area contributed by atoms with E-state index in [0.29, 0.717) is 37.8 Å². The van der Waals surface area contributed by atoms with E-state index in [0.717, 1.165) is 17.7 Å². The van der Waals surface area contributed by atoms with E-state index < -0.39 is 23.6 Å². The summed E-state index contributed by atoms with van der Waals surface area (Å²) in [7, 11) is 0. The number of aromatic nitrogens is 2. The third-order valence-corrected chi connectivity index (χ3v) is 5.96. The topological polar surface area (TPSA) is 93.4 Å². The van der Waals surface area contributed by atoms with Gasteiger partial charge in [-0.05, 0) is 47.4 Å². The van der Waals surface area contributed by atoms with Crippen LogP contribution in [0.25, 0.3) is 11.1 Å². The standard InChI is InChI=1S/C25H25F4N5O2/c1-15(32-23(35)22-6-7-31-24(33-22)34-8-10-36-11-9-34)16-2-4-17(5-3-16)19-13-20(25(27,28)29)21(26)12-18(19)14-30/h2-7,12-13,15H,8-11,14,30H2,1H3,(H,32,35)/t15-/m1/s1. The minimum Gasteiger partial charge on any atom is -0.378 e. The number of anilines is 1. The number of rotatable bonds is 6. The lowest BCUT2D eigenvalue weighted by molar-refractivity contribution is -0.139. The largest absolute Gasteiger partial charge is 0.419 e. The van der Waals surface area contributed by atoms with Gasteiger partial charge in [0, 0.05) is 25.8 Å². The molecule has 0 saturated carbocycles. The van der Waals surface area contributed by atoms with Crippen molar-refractivity contribution >= 4 is 11.9 Å². The predicted molar refractivity (Wildman–Crippen MR) is 126 cm³/mol. The fourth-order valence-corrected chi connectivity index (χ4v) is 3.97. The van der Waals surface area contributed by atoms with Gasteiger partial charge in [-0.25, -0.2) is 14.4 Å². The monoisotopic (exact) mass is 503 g/mol. The fraction of sp³-hybridized carbons (Fsp3) is 0.320. The van der Waals surface area contributed by atoms with E-state index in [4.69, 9.17) is 10.5 Å². The number of amides is 1. The van der Waals surface area contributed by atoms with Crippen LogP contribution in [0.1, 0.15) is 40.1 Å². The molecule has 2 aromatic carbocycles. The minimum absolute atomic E-state index is 0.121. The summed E-state index contributed by atoms with van der Waals surface area (Å²) in [4.78, 5) is 23.3. The summed E-state index contributed by atoms with van der Waals surface area (Å²) in [5.41, 5.74) is 6.15. The molecule has 1 aromatic heterocycles. The first-order valence-electron chi connectivity index (χ1n) is 11.3. The summed E-state index contributed by atoms with van der Waals surface area (Å²) in [6.45, 7) is 4.06. The van der Waals surface area contributed by atoms with Crippen molar-refractivity contribution in [1.82, 2.24) is 15.3 Å². The molecule has 1 fully saturated rings. The Morgan fingerprint density at radius 3 is 2.50 bits per heavy atom. The van der Waals surface area contributed by atoms with Gasteiger partial charge in [0.15, 0.2) is 0 Å². The van der Waals surface area contributed by atoms with Gasteiger partial charge >= 0.3 is 6.18 Å². The van der Waals surface area contributed by atoms with Gasteiger partial charge in [-0.15, -0.1) is 0 Å². The van der Waals surface area contributed by atoms with E-state index >= 15 is 0 Å². The van der Waals surface area contributed by atoms with Crippen molar-refractivity contribution in [2.45, 2.75) is 25.7 Å². The summed E-state index contributed by atoms with van der Waals surface area (Å²) < 4.78 is 58.9. The highest BCUT2D eigenvalue weighted by Crippen LogP contribution is 2.36. The summed E-state index contributed by atoms with van der Waals surface area (Å²) >= 11 is 0. The third-order valence-electron chi connectivity index (χ3n) is 5.96. The van der Waals surface area contributed by atoms with Crippen LogP contribution >= 0.6 is 0 Å². The number of hydrogen-bond acceptors (Lipinski definition) is 6. The Hall–Kier alpha value is -3.57. The van der Waals surface area contributed by atoms with Crippen molar-refractivity contribution in [3.8, 4) is 11.1 Å². The Balaban J connectivity index is 1.50. The van der Waals surface area contributed by atoms with Crippen LogP contribution in [0.2, 0.25) is 0 Å². The quantitative estimate of drug-likeness (QED) is 0.493. The molecule has 36 heavy (non-hydrogen) atoms. The number of alkyl halides is 3. The molecule has 1 aliphatic rings. The molecular formula is C25H25F4N5O2. The fourth-order valence-electron chi connectivity index (χ4n) is 3.97. The van der Waals surface area contributed by atoms with Crippen LogP contribution in [0.4, 0.5) is 23.5 Å². The maximum atomic E-state index is 14.0. The number of nitrogens with two attached hydrogens (primary N) is 1. The van der Waals surface area contributed by atoms with Crippen molar-refractivity contribution in [1.29, 1.82) is 0 Å². The van der Waals surface area contributed by atoms with Gasteiger partial charge in [0.25, 0.3) is 5.91 Å². The smallest absolute Gasteiger partial charge is 0.378 e. The first kappa shape index (κ1) is 25.5. The van der Waals surface area contributed by atoms with Gasteiger partial charge in [0.1, 0.15) is 11.5 Å². The Labute approximate surface area is 205 Å². The number of carbonyl (C=O) groups excluding carboxylic acids is 1. The average molecular weight is 504 g/mol. The predicted octanol–water partition coefficient (Wildman–Crippen LogP) is 4.09. The number of nitrogens with zero attached hydrogens (tertiary/aromatic N) is 3. The molecule has 0 spiro atoms. The molecule has 3 N–H and O–H groups in total. The normalized spacial score (nSPS) is 15.0. The van der Waals surface area contributed by atoms with Crippen LogP contribution in [-0.4, -0.2) is 42.2 Å². The number of carbonyl (C=O) groups is 1. The lowest BCUT2D eigenvalue weighted by Gasteiger charge is -2.26. The number of benzene rings is 2. The summed E-state index contributed by atoms with van der Waals surface area (Å²) in [5.74, 6) is -1.29. The van der Waals surface area contributed by atoms with Crippen molar-refractivity contribution in [3.63, 3.8) is 0 Å². The Morgan fingerprint density at radius 1 is 1.17 bits per heavy atom. The average Bonchev–Trinajstić information content (AvgIpc) is 2.88. The van der Waals surface area contributed by atoms with E-state index in [1.807, 2.05) is 4.90 Å². The van der Waals surface area contributed by atoms with Gasteiger partial charge in [-0.1, -0.05) is 24.3 Å². The third kappa shape index (κ3) is 5.63. The summed E-state index contributed by atoms with van der Waals surface area (Å²) in [6, 6.07) is 9.32. The highest BCUT2D eigenvalue weighted by molar-refractivity contribution is 5.92. The first-order chi connectivity index (χ1) is 17.2. The van der Waals surface area contributed by atoms with E-state index in [1.54, 1.807) is 31.2 Å². The zero-order chi connectivity index (χ0) is 25.9. The molecule has 1 atom stereocenters. The van der Waals surface area contributed by atoms with Crippen molar-refractivity contribution in [2.75, 3.05) is 31.2 Å². The second kappa shape index (κ2) is 10.6. The van der Waals surface area contributed by atoms with Crippen molar-refractivity contribution < 1.29 is 27.1 Å². The second-order valence-corrected chi connectivity index (χ2v) is 8.35. The number of morpholine rings is 1. The zero-order valence-electron chi connectivity index (χ0n) is 19.5. The zero-order valence-corrected chi connectivity index (χ0v) is 19.5. The van der Waals surface area contributed by atoms with E-state index in [-0.39, 0.29) is 29.3 Å². The van der Waals surface area contributed by atoms with Gasteiger partial charge < -0.3 is 20.7 Å². The van der Waals surface area contributed by atoms with E-state index in [2.05, 4.69) is 15.3 Å². The molecule has 4 rings (SSSR count). The van der Waals surface area contributed by atoms with Crippen molar-refractivity contribution in [3.05, 3.63) is 76.9 Å². The van der Waals surface area contributed by atoms with Crippen LogP contribution < -0.4 is 16.0 Å². The van der Waals surface area contributed by atoms with Gasteiger partial charge in [-0.2, -0.15) is 13.2 Å². The van der Waals surface area contributed by atoms with Crippen LogP contribution in [0.15, 0.2) is 48.7 Å². The van der Waals surface area contributed by atoms with Gasteiger partial charge in [-0.3, -0.25) is 4.79 Å². The summed E-state index contributed by atoms with van der Waals surface area (Å²) in [5, 5.41) is 2.87. The molecule has 0 aliphatic carbocycles. The number of hydrogen-bond donors (Lipinski definition) is 2. The molecule has 0 unspecified atom stereocenters. The lowest BCUT2D eigenvalue weighted by Crippen LogP contribution is -2.37. The maximum Gasteiger partial charge on any atom is 0.419 e. The van der Waals surface area contributed by atoms with Crippen LogP contribution in [0, 0.1) is 5.82 Å². The molecule has 0 bridgehead atoms. The SMILES string of the molecule is C[C@@H](NC(=O)c1ccnc(N2CCOCC2)n1)c1ccc(-c2cc(C(F)(F)F)c(F)cc2CN)cc1. The van der Waals surface area contributed by atoms with E-state index in [1.165, 1.54) is 12.3 Å². The molecular weight excluding hydrogens is 478 g/mol. The van der Waals surface area contributed by atoms with Crippen LogP contribution in [-0.2, 0) is 17.5 Å². The Bertz CT molecular complexity index is 1230. The highest BCUT2D eigenvalue weighted by Gasteiger charge is 2.35. The highest BCUT2D eigenvalue weighted by atomic mass is 19.4. The molecule has 1 saturated heterocycles. The first-order valence-corrected chi connectivity index (χ1v) is 11.3. The van der Waals surface area contributed by atoms with Crippen molar-refractivity contribution in [2.24, 2.45) is 5.73 Å². The molecule has 1 aliphatic heterocycles. The molecule has 11 heteroatoms. The van der Waals surface area contributed by atoms with Gasteiger partial charge in [0.2, 0.25) is 5.95 Å². The number of ether oxygens (including phenoxy) is 1. The van der Waals surface area contributed by atoms with Crippen LogP contribution in [0.5, 0.6) is 0 Å². The minimum atomic E-state index is -4.83. The molecule has 7 nitrogen and oxygen atoms in total. The maximum absolute atomic E-state index is 14.0. The van der Waals surface area contributed by atoms with E-state index in [9.17, 15) is 22.4 Å². The molecule has 190 valence electrons. The van der Waals surface area contributed by atoms with Gasteiger partial charge in [0.05, 0.1) is 24.8 Å². The molecule has 0 radical (unpaired) electrons. The Morgan fingerprint density at radius 2 is 1.86 bits per heavy atom. The molecule has 1 amide bonds. The van der Waals surface area contributed by atoms with Crippen LogP contribution in [0.3, 0.4) is 0 Å². The summed E-state index contributed by atoms with van der Waals surface area (Å²) in [6.07, 6.45) is -3.30.